The van der Waals surface area contributed by atoms with Crippen LogP contribution in [-0.4, -0.2) is 25.5 Å². The summed E-state index contributed by atoms with van der Waals surface area (Å²) < 4.78 is 28.6. The average molecular weight is 385 g/mol. The normalized spacial score (nSPS) is 17.4. The van der Waals surface area contributed by atoms with Crippen molar-refractivity contribution in [2.24, 2.45) is 0 Å². The zero-order valence-corrected chi connectivity index (χ0v) is 14.6. The maximum Gasteiger partial charge on any atom is 0.428 e. The van der Waals surface area contributed by atoms with E-state index in [1.807, 2.05) is 0 Å². The minimum absolute atomic E-state index is 0.222. The molecule has 2 unspecified atom stereocenters. The van der Waals surface area contributed by atoms with E-state index in [1.54, 1.807) is 13.8 Å². The highest BCUT2D eigenvalue weighted by atomic mass is 35.5. The molecule has 0 aliphatic rings. The van der Waals surface area contributed by atoms with Crippen molar-refractivity contribution in [3.63, 3.8) is 0 Å². The summed E-state index contributed by atoms with van der Waals surface area (Å²) in [6.07, 6.45) is 0.164. The smallest absolute Gasteiger partial charge is 0.389 e. The SMILES string of the molecule is CCCC(=O)OP(=O)(O)C(Cl)(Cl)P(=O)(O)OC(=O)CCC. The van der Waals surface area contributed by atoms with Crippen LogP contribution in [0, 0.1) is 0 Å². The zero-order chi connectivity index (χ0) is 16.9. The van der Waals surface area contributed by atoms with Crippen molar-refractivity contribution in [3.05, 3.63) is 0 Å². The Hall–Kier alpha value is -0.100. The maximum atomic E-state index is 11.8. The number of carbonyl (C=O) groups is 2. The Kier molecular flexibility index (Phi) is 7.91. The Balaban J connectivity index is 5.23. The first kappa shape index (κ1) is 20.9. The molecule has 12 heteroatoms. The quantitative estimate of drug-likeness (QED) is 0.482. The largest absolute Gasteiger partial charge is 0.428 e. The summed E-state index contributed by atoms with van der Waals surface area (Å²) >= 11 is 10.8. The molecule has 124 valence electrons. The van der Waals surface area contributed by atoms with Crippen molar-refractivity contribution in [3.8, 4) is 0 Å². The molecule has 0 spiro atoms. The van der Waals surface area contributed by atoms with Crippen LogP contribution in [0.15, 0.2) is 0 Å². The van der Waals surface area contributed by atoms with Crippen molar-refractivity contribution < 1.29 is 37.6 Å². The zero-order valence-electron chi connectivity index (χ0n) is 11.3. The van der Waals surface area contributed by atoms with Gasteiger partial charge < -0.3 is 18.8 Å². The number of hydrogen-bond acceptors (Lipinski definition) is 6. The molecule has 0 aliphatic carbocycles. The lowest BCUT2D eigenvalue weighted by molar-refractivity contribution is -0.135. The minimum atomic E-state index is -5.29. The van der Waals surface area contributed by atoms with Crippen LogP contribution in [0.25, 0.3) is 0 Å². The molecule has 0 amide bonds. The van der Waals surface area contributed by atoms with Gasteiger partial charge in [-0.2, -0.15) is 0 Å². The lowest BCUT2D eigenvalue weighted by Gasteiger charge is -2.27. The summed E-state index contributed by atoms with van der Waals surface area (Å²) in [6, 6.07) is 0. The van der Waals surface area contributed by atoms with Crippen LogP contribution < -0.4 is 0 Å². The summed E-state index contributed by atoms with van der Waals surface area (Å²) in [4.78, 5) is 41.5. The molecule has 0 aromatic carbocycles. The summed E-state index contributed by atoms with van der Waals surface area (Å²) in [5, 5.41) is 0. The second-order valence-electron chi connectivity index (χ2n) is 3.98. The fourth-order valence-electron chi connectivity index (χ4n) is 1.05. The van der Waals surface area contributed by atoms with Crippen LogP contribution in [0.2, 0.25) is 0 Å². The molecule has 0 radical (unpaired) electrons. The molecular formula is C9H16Cl2O8P2. The van der Waals surface area contributed by atoms with Crippen molar-refractivity contribution in [1.82, 2.24) is 0 Å². The summed E-state index contributed by atoms with van der Waals surface area (Å²) in [5.41, 5.74) is 0. The van der Waals surface area contributed by atoms with Gasteiger partial charge in [0.25, 0.3) is 0 Å². The molecule has 0 aromatic heterocycles. The third-order valence-corrected chi connectivity index (χ3v) is 8.38. The van der Waals surface area contributed by atoms with Crippen LogP contribution in [0.5, 0.6) is 0 Å². The van der Waals surface area contributed by atoms with E-state index >= 15 is 0 Å². The van der Waals surface area contributed by atoms with Crippen LogP contribution >= 0.6 is 38.4 Å². The third kappa shape index (κ3) is 5.55. The first-order valence-corrected chi connectivity index (χ1v) is 9.80. The van der Waals surface area contributed by atoms with Crippen LogP contribution in [0.1, 0.15) is 39.5 Å². The van der Waals surface area contributed by atoms with Crippen molar-refractivity contribution in [2.75, 3.05) is 0 Å². The molecule has 0 fully saturated rings. The Bertz CT molecular complexity index is 450. The van der Waals surface area contributed by atoms with Gasteiger partial charge in [0.05, 0.1) is 0 Å². The van der Waals surface area contributed by atoms with E-state index in [9.17, 15) is 28.5 Å². The molecule has 0 saturated heterocycles. The van der Waals surface area contributed by atoms with Crippen LogP contribution in [0.4, 0.5) is 0 Å². The average Bonchev–Trinajstić information content (AvgIpc) is 2.27. The highest BCUT2D eigenvalue weighted by molar-refractivity contribution is 7.79. The first-order valence-electron chi connectivity index (χ1n) is 5.89. The molecular weight excluding hydrogens is 369 g/mol. The van der Waals surface area contributed by atoms with E-state index in [1.165, 1.54) is 0 Å². The monoisotopic (exact) mass is 384 g/mol. The van der Waals surface area contributed by atoms with Gasteiger partial charge in [-0.15, -0.1) is 0 Å². The third-order valence-electron chi connectivity index (χ3n) is 2.04. The predicted molar refractivity (Wildman–Crippen MR) is 76.1 cm³/mol. The number of alkyl halides is 2. The van der Waals surface area contributed by atoms with E-state index in [4.69, 9.17) is 23.2 Å². The Morgan fingerprint density at radius 3 is 1.48 bits per heavy atom. The lowest BCUT2D eigenvalue weighted by atomic mass is 10.4. The molecule has 8 nitrogen and oxygen atoms in total. The van der Waals surface area contributed by atoms with Gasteiger partial charge in [-0.05, 0) is 12.8 Å². The lowest BCUT2D eigenvalue weighted by Crippen LogP contribution is -2.21. The molecule has 2 atom stereocenters. The maximum absolute atomic E-state index is 11.8. The van der Waals surface area contributed by atoms with E-state index < -0.39 is 30.9 Å². The Morgan fingerprint density at radius 1 is 0.952 bits per heavy atom. The molecule has 0 heterocycles. The van der Waals surface area contributed by atoms with Gasteiger partial charge in [0.1, 0.15) is 0 Å². The van der Waals surface area contributed by atoms with Gasteiger partial charge in [0.15, 0.2) is 0 Å². The molecule has 0 aliphatic heterocycles. The molecule has 2 N–H and O–H groups in total. The van der Waals surface area contributed by atoms with Crippen molar-refractivity contribution in [1.29, 1.82) is 0 Å². The van der Waals surface area contributed by atoms with Gasteiger partial charge in [0, 0.05) is 12.8 Å². The second-order valence-corrected chi connectivity index (χ2v) is 10.5. The van der Waals surface area contributed by atoms with Crippen molar-refractivity contribution >= 4 is 50.3 Å². The predicted octanol–water partition coefficient (Wildman–Crippen LogP) is 3.13. The number of rotatable bonds is 8. The van der Waals surface area contributed by atoms with Gasteiger partial charge in [-0.1, -0.05) is 37.0 Å². The summed E-state index contributed by atoms with van der Waals surface area (Å²) in [6.45, 7) is 3.20. The van der Waals surface area contributed by atoms with Gasteiger partial charge >= 0.3 is 30.9 Å². The Morgan fingerprint density at radius 2 is 1.24 bits per heavy atom. The van der Waals surface area contributed by atoms with E-state index in [0.29, 0.717) is 12.8 Å². The van der Waals surface area contributed by atoms with E-state index in [-0.39, 0.29) is 12.8 Å². The van der Waals surface area contributed by atoms with Gasteiger partial charge in [0.2, 0.25) is 0 Å². The van der Waals surface area contributed by atoms with Crippen LogP contribution in [-0.2, 0) is 27.8 Å². The summed E-state index contributed by atoms with van der Waals surface area (Å²) in [7, 11) is -10.6. The molecule has 0 bridgehead atoms. The topological polar surface area (TPSA) is 127 Å². The van der Waals surface area contributed by atoms with Crippen molar-refractivity contribution in [2.45, 2.75) is 43.3 Å². The van der Waals surface area contributed by atoms with Gasteiger partial charge in [-0.3, -0.25) is 9.59 Å². The summed E-state index contributed by atoms with van der Waals surface area (Å²) in [5.74, 6) is -2.26. The molecule has 0 saturated carbocycles. The number of hydrogen-bond donors (Lipinski definition) is 2. The molecule has 21 heavy (non-hydrogen) atoms. The number of carbonyl (C=O) groups excluding carboxylic acids is 2. The Labute approximate surface area is 131 Å². The first-order chi connectivity index (χ1) is 9.41. The van der Waals surface area contributed by atoms with Crippen LogP contribution in [0.3, 0.4) is 0 Å². The van der Waals surface area contributed by atoms with E-state index in [0.717, 1.165) is 0 Å². The molecule has 0 rings (SSSR count). The van der Waals surface area contributed by atoms with Gasteiger partial charge in [-0.25, -0.2) is 9.13 Å². The number of halogens is 2. The van der Waals surface area contributed by atoms with E-state index in [2.05, 4.69) is 9.05 Å². The second kappa shape index (κ2) is 7.95. The minimum Gasteiger partial charge on any atom is -0.389 e. The standard InChI is InChI=1S/C9H16Cl2O8P2/c1-3-5-7(12)18-20(14,15)9(10,11)21(16,17)19-8(13)6-4-2/h3-6H2,1-2H3,(H,14,15)(H,16,17). The highest BCUT2D eigenvalue weighted by Gasteiger charge is 2.64. The fourth-order valence-corrected chi connectivity index (χ4v) is 3.94. The fraction of sp³-hybridized carbons (Fsp3) is 0.778. The molecule has 0 aromatic rings. The highest BCUT2D eigenvalue weighted by Crippen LogP contribution is 2.78.